The van der Waals surface area contributed by atoms with Gasteiger partial charge in [-0.15, -0.1) is 0 Å². The molecule has 0 N–H and O–H groups in total. The summed E-state index contributed by atoms with van der Waals surface area (Å²) < 4.78 is 13.0. The van der Waals surface area contributed by atoms with E-state index in [1.807, 2.05) is 4.90 Å². The summed E-state index contributed by atoms with van der Waals surface area (Å²) in [5.74, 6) is -0.690. The highest BCUT2D eigenvalue weighted by molar-refractivity contribution is 5.94. The van der Waals surface area contributed by atoms with Gasteiger partial charge in [-0.3, -0.25) is 4.79 Å². The molecule has 1 fully saturated rings. The minimum atomic E-state index is -0.601. The van der Waals surface area contributed by atoms with E-state index in [0.29, 0.717) is 11.0 Å². The van der Waals surface area contributed by atoms with E-state index in [1.165, 1.54) is 12.3 Å². The molecule has 1 aromatic rings. The molecule has 0 bridgehead atoms. The highest BCUT2D eigenvalue weighted by Gasteiger charge is 2.25. The number of pyridine rings is 1. The van der Waals surface area contributed by atoms with Crippen LogP contribution in [0.4, 0.5) is 4.39 Å². The molecular weight excluding hydrogens is 231 g/mol. The third kappa shape index (κ3) is 3.06. The van der Waals surface area contributed by atoms with Crippen molar-refractivity contribution in [3.63, 3.8) is 0 Å². The first-order chi connectivity index (χ1) is 8.48. The largest absolute Gasteiger partial charge is 0.339 e. The second kappa shape index (κ2) is 5.04. The summed E-state index contributed by atoms with van der Waals surface area (Å²) in [4.78, 5) is 17.5. The van der Waals surface area contributed by atoms with Crippen LogP contribution < -0.4 is 0 Å². The monoisotopic (exact) mass is 250 g/mol. The van der Waals surface area contributed by atoms with Crippen molar-refractivity contribution in [1.82, 2.24) is 9.88 Å². The van der Waals surface area contributed by atoms with Gasteiger partial charge in [0.05, 0.1) is 0 Å². The minimum absolute atomic E-state index is 0.0889. The Labute approximate surface area is 107 Å². The van der Waals surface area contributed by atoms with Gasteiger partial charge in [0, 0.05) is 30.9 Å². The number of amides is 1. The molecule has 0 radical (unpaired) electrons. The standard InChI is InChI=1S/C14H19FN2O/c1-14(2)5-3-8-17(9-6-14)13(18)11-4-7-16-12(15)10-11/h4,7,10H,3,5-6,8-9H2,1-2H3. The van der Waals surface area contributed by atoms with Crippen LogP contribution in [-0.4, -0.2) is 28.9 Å². The van der Waals surface area contributed by atoms with E-state index >= 15 is 0 Å². The Morgan fingerprint density at radius 2 is 2.17 bits per heavy atom. The molecule has 3 nitrogen and oxygen atoms in total. The van der Waals surface area contributed by atoms with Crippen molar-refractivity contribution in [1.29, 1.82) is 0 Å². The van der Waals surface area contributed by atoms with Crippen LogP contribution in [0.3, 0.4) is 0 Å². The number of aromatic nitrogens is 1. The van der Waals surface area contributed by atoms with Crippen molar-refractivity contribution in [2.75, 3.05) is 13.1 Å². The van der Waals surface area contributed by atoms with Crippen molar-refractivity contribution < 1.29 is 9.18 Å². The number of carbonyl (C=O) groups is 1. The third-order valence-electron chi connectivity index (χ3n) is 3.60. The molecule has 98 valence electrons. The van der Waals surface area contributed by atoms with Gasteiger partial charge in [-0.2, -0.15) is 4.39 Å². The topological polar surface area (TPSA) is 33.2 Å². The summed E-state index contributed by atoms with van der Waals surface area (Å²) in [6, 6.07) is 2.78. The van der Waals surface area contributed by atoms with E-state index in [0.717, 1.165) is 32.4 Å². The van der Waals surface area contributed by atoms with Gasteiger partial charge in [0.1, 0.15) is 0 Å². The molecular formula is C14H19FN2O. The fourth-order valence-electron chi connectivity index (χ4n) is 2.34. The van der Waals surface area contributed by atoms with E-state index in [9.17, 15) is 9.18 Å². The molecule has 4 heteroatoms. The molecule has 1 aliphatic rings. The van der Waals surface area contributed by atoms with E-state index in [-0.39, 0.29) is 5.91 Å². The molecule has 1 amide bonds. The van der Waals surface area contributed by atoms with Crippen LogP contribution in [0.25, 0.3) is 0 Å². The predicted molar refractivity (Wildman–Crippen MR) is 67.7 cm³/mol. The number of halogens is 1. The average Bonchev–Trinajstić information content (AvgIpc) is 2.49. The molecule has 0 unspecified atom stereocenters. The molecule has 2 rings (SSSR count). The van der Waals surface area contributed by atoms with Crippen LogP contribution in [0, 0.1) is 11.4 Å². The molecule has 1 aromatic heterocycles. The number of rotatable bonds is 1. The fraction of sp³-hybridized carbons (Fsp3) is 0.571. The second-order valence-corrected chi connectivity index (χ2v) is 5.68. The third-order valence-corrected chi connectivity index (χ3v) is 3.60. The maximum absolute atomic E-state index is 13.0. The summed E-state index contributed by atoms with van der Waals surface area (Å²) in [5, 5.41) is 0. The van der Waals surface area contributed by atoms with Gasteiger partial charge >= 0.3 is 0 Å². The minimum Gasteiger partial charge on any atom is -0.339 e. The Balaban J connectivity index is 2.10. The number of hydrogen-bond acceptors (Lipinski definition) is 2. The van der Waals surface area contributed by atoms with Crippen molar-refractivity contribution in [2.24, 2.45) is 5.41 Å². The fourth-order valence-corrected chi connectivity index (χ4v) is 2.34. The molecule has 2 heterocycles. The Bertz CT molecular complexity index is 445. The summed E-state index contributed by atoms with van der Waals surface area (Å²) >= 11 is 0. The van der Waals surface area contributed by atoms with Gasteiger partial charge in [-0.25, -0.2) is 4.98 Å². The lowest BCUT2D eigenvalue weighted by atomic mass is 9.85. The Hall–Kier alpha value is -1.45. The van der Waals surface area contributed by atoms with E-state index in [1.54, 1.807) is 6.07 Å². The average molecular weight is 250 g/mol. The van der Waals surface area contributed by atoms with Crippen LogP contribution in [0.15, 0.2) is 18.3 Å². The summed E-state index contributed by atoms with van der Waals surface area (Å²) in [5.41, 5.74) is 0.681. The molecule has 18 heavy (non-hydrogen) atoms. The lowest BCUT2D eigenvalue weighted by Gasteiger charge is -2.23. The van der Waals surface area contributed by atoms with Gasteiger partial charge in [0.15, 0.2) is 0 Å². The molecule has 0 atom stereocenters. The first-order valence-electron chi connectivity index (χ1n) is 6.39. The Morgan fingerprint density at radius 1 is 1.39 bits per heavy atom. The maximum atomic E-state index is 13.0. The first kappa shape index (κ1) is 13.0. The van der Waals surface area contributed by atoms with Crippen LogP contribution in [0.1, 0.15) is 43.5 Å². The highest BCUT2D eigenvalue weighted by atomic mass is 19.1. The smallest absolute Gasteiger partial charge is 0.254 e. The molecule has 0 aliphatic carbocycles. The molecule has 0 aromatic carbocycles. The maximum Gasteiger partial charge on any atom is 0.254 e. The van der Waals surface area contributed by atoms with Crippen molar-refractivity contribution >= 4 is 5.91 Å². The lowest BCUT2D eigenvalue weighted by molar-refractivity contribution is 0.0756. The molecule has 0 spiro atoms. The predicted octanol–water partition coefficient (Wildman–Crippen LogP) is 2.87. The van der Waals surface area contributed by atoms with Crippen LogP contribution >= 0.6 is 0 Å². The number of likely N-dealkylation sites (tertiary alicyclic amines) is 1. The van der Waals surface area contributed by atoms with Gasteiger partial charge in [-0.05, 0) is 30.7 Å². The highest BCUT2D eigenvalue weighted by Crippen LogP contribution is 2.30. The van der Waals surface area contributed by atoms with E-state index in [2.05, 4.69) is 18.8 Å². The Morgan fingerprint density at radius 3 is 2.89 bits per heavy atom. The second-order valence-electron chi connectivity index (χ2n) is 5.68. The van der Waals surface area contributed by atoms with Crippen molar-refractivity contribution in [3.05, 3.63) is 29.8 Å². The van der Waals surface area contributed by atoms with E-state index in [4.69, 9.17) is 0 Å². The normalized spacial score (nSPS) is 19.4. The van der Waals surface area contributed by atoms with Crippen LogP contribution in [0.5, 0.6) is 0 Å². The van der Waals surface area contributed by atoms with Gasteiger partial charge in [-0.1, -0.05) is 13.8 Å². The number of carbonyl (C=O) groups excluding carboxylic acids is 1. The summed E-state index contributed by atoms with van der Waals surface area (Å²) in [7, 11) is 0. The molecule has 1 saturated heterocycles. The van der Waals surface area contributed by atoms with Crippen molar-refractivity contribution in [3.8, 4) is 0 Å². The van der Waals surface area contributed by atoms with Crippen LogP contribution in [-0.2, 0) is 0 Å². The summed E-state index contributed by atoms with van der Waals surface area (Å²) in [6.45, 7) is 5.96. The van der Waals surface area contributed by atoms with Gasteiger partial charge in [0.25, 0.3) is 5.91 Å². The quantitative estimate of drug-likeness (QED) is 0.718. The lowest BCUT2D eigenvalue weighted by Crippen LogP contribution is -2.32. The zero-order chi connectivity index (χ0) is 13.2. The zero-order valence-corrected chi connectivity index (χ0v) is 10.9. The number of nitrogens with zero attached hydrogens (tertiary/aromatic N) is 2. The van der Waals surface area contributed by atoms with E-state index < -0.39 is 5.95 Å². The SMILES string of the molecule is CC1(C)CCCN(C(=O)c2ccnc(F)c2)CC1. The molecule has 1 aliphatic heterocycles. The number of hydrogen-bond donors (Lipinski definition) is 0. The van der Waals surface area contributed by atoms with Crippen molar-refractivity contribution in [2.45, 2.75) is 33.1 Å². The van der Waals surface area contributed by atoms with Crippen LogP contribution in [0.2, 0.25) is 0 Å². The first-order valence-corrected chi connectivity index (χ1v) is 6.39. The van der Waals surface area contributed by atoms with Gasteiger partial charge < -0.3 is 4.90 Å². The van der Waals surface area contributed by atoms with Gasteiger partial charge in [0.2, 0.25) is 5.95 Å². The Kier molecular flexibility index (Phi) is 3.64. The zero-order valence-electron chi connectivity index (χ0n) is 10.9. The summed E-state index contributed by atoms with van der Waals surface area (Å²) in [6.07, 6.45) is 4.46. The molecule has 0 saturated carbocycles.